The van der Waals surface area contributed by atoms with Gasteiger partial charge in [0.05, 0.1) is 17.3 Å². The van der Waals surface area contributed by atoms with E-state index < -0.39 is 9.84 Å². The minimum atomic E-state index is -3.01. The first-order chi connectivity index (χ1) is 6.63. The van der Waals surface area contributed by atoms with Crippen molar-refractivity contribution in [3.8, 4) is 0 Å². The molecular weight excluding hydrogens is 202 g/mol. The molecule has 4 nitrogen and oxygen atoms in total. The number of nitrogens with two attached hydrogens (primary N) is 1. The van der Waals surface area contributed by atoms with Crippen molar-refractivity contribution in [2.45, 2.75) is 17.9 Å². The monoisotopic (exact) mass is 213 g/mol. The maximum absolute atomic E-state index is 11.5. The van der Waals surface area contributed by atoms with Gasteiger partial charge in [-0.15, -0.1) is 0 Å². The zero-order chi connectivity index (χ0) is 10.2. The summed E-state index contributed by atoms with van der Waals surface area (Å²) in [5, 5.41) is 0. The Morgan fingerprint density at radius 2 is 2.21 bits per heavy atom. The molecule has 1 heterocycles. The standard InChI is InChI=1S/C9H11NO3S/c10-13-6-7-1-2-9-8(5-7)3-4-14(9,11)12/h1-2,5H,3-4,6,10H2. The van der Waals surface area contributed by atoms with Gasteiger partial charge in [0.15, 0.2) is 9.84 Å². The van der Waals surface area contributed by atoms with Crippen LogP contribution in [0, 0.1) is 0 Å². The fourth-order valence-electron chi connectivity index (χ4n) is 1.67. The lowest BCUT2D eigenvalue weighted by atomic mass is 10.1. The van der Waals surface area contributed by atoms with Gasteiger partial charge in [0.25, 0.3) is 0 Å². The smallest absolute Gasteiger partial charge is 0.178 e. The Morgan fingerprint density at radius 3 is 2.93 bits per heavy atom. The van der Waals surface area contributed by atoms with Crippen molar-refractivity contribution in [2.75, 3.05) is 5.75 Å². The fourth-order valence-corrected chi connectivity index (χ4v) is 3.22. The molecule has 0 atom stereocenters. The number of hydrogen-bond acceptors (Lipinski definition) is 4. The van der Waals surface area contributed by atoms with E-state index in [1.807, 2.05) is 6.07 Å². The molecule has 0 fully saturated rings. The lowest BCUT2D eigenvalue weighted by Gasteiger charge is -2.02. The average molecular weight is 213 g/mol. The SMILES string of the molecule is NOCc1ccc2c(c1)CCS2(=O)=O. The van der Waals surface area contributed by atoms with Crippen LogP contribution in [0.1, 0.15) is 11.1 Å². The summed E-state index contributed by atoms with van der Waals surface area (Å²) in [4.78, 5) is 4.95. The van der Waals surface area contributed by atoms with Crippen LogP contribution in [0.5, 0.6) is 0 Å². The molecule has 0 saturated heterocycles. The highest BCUT2D eigenvalue weighted by Gasteiger charge is 2.25. The van der Waals surface area contributed by atoms with Crippen LogP contribution in [-0.2, 0) is 27.7 Å². The van der Waals surface area contributed by atoms with E-state index >= 15 is 0 Å². The fraction of sp³-hybridized carbons (Fsp3) is 0.333. The quantitative estimate of drug-likeness (QED) is 0.722. The summed E-state index contributed by atoms with van der Waals surface area (Å²) in [6.07, 6.45) is 0.593. The molecule has 2 N–H and O–H groups in total. The first-order valence-corrected chi connectivity index (χ1v) is 5.95. The van der Waals surface area contributed by atoms with Gasteiger partial charge in [-0.3, -0.25) is 4.84 Å². The lowest BCUT2D eigenvalue weighted by Crippen LogP contribution is -2.00. The molecule has 0 aliphatic carbocycles. The van der Waals surface area contributed by atoms with Crippen LogP contribution in [0.3, 0.4) is 0 Å². The molecule has 5 heteroatoms. The van der Waals surface area contributed by atoms with Crippen molar-refractivity contribution in [3.63, 3.8) is 0 Å². The van der Waals surface area contributed by atoms with Crippen molar-refractivity contribution in [1.82, 2.24) is 0 Å². The summed E-state index contributed by atoms with van der Waals surface area (Å²) in [6.45, 7) is 0.313. The van der Waals surface area contributed by atoms with E-state index in [4.69, 9.17) is 5.90 Å². The second-order valence-corrected chi connectivity index (χ2v) is 5.40. The molecule has 1 aromatic carbocycles. The van der Waals surface area contributed by atoms with Crippen molar-refractivity contribution >= 4 is 9.84 Å². The number of aryl methyl sites for hydroxylation is 1. The maximum atomic E-state index is 11.5. The topological polar surface area (TPSA) is 69.4 Å². The van der Waals surface area contributed by atoms with E-state index in [9.17, 15) is 8.42 Å². The summed E-state index contributed by atoms with van der Waals surface area (Å²) in [7, 11) is -3.01. The number of sulfone groups is 1. The molecule has 1 aliphatic rings. The molecule has 0 radical (unpaired) electrons. The van der Waals surface area contributed by atoms with Crippen molar-refractivity contribution in [1.29, 1.82) is 0 Å². The minimum Gasteiger partial charge on any atom is -0.300 e. The molecule has 1 aromatic rings. The van der Waals surface area contributed by atoms with E-state index in [-0.39, 0.29) is 5.75 Å². The molecule has 0 bridgehead atoms. The molecule has 76 valence electrons. The van der Waals surface area contributed by atoms with Gasteiger partial charge >= 0.3 is 0 Å². The largest absolute Gasteiger partial charge is 0.300 e. The summed E-state index contributed by atoms with van der Waals surface area (Å²) in [5.41, 5.74) is 1.78. The van der Waals surface area contributed by atoms with Crippen LogP contribution in [0.4, 0.5) is 0 Å². The summed E-state index contributed by atoms with van der Waals surface area (Å²) in [6, 6.07) is 5.20. The number of rotatable bonds is 2. The van der Waals surface area contributed by atoms with Gasteiger partial charge in [0.2, 0.25) is 0 Å². The summed E-state index contributed by atoms with van der Waals surface area (Å²) in [5.74, 6) is 5.16. The third kappa shape index (κ3) is 1.54. The predicted octanol–water partition coefficient (Wildman–Crippen LogP) is 0.407. The van der Waals surface area contributed by atoms with Gasteiger partial charge in [-0.1, -0.05) is 12.1 Å². The zero-order valence-electron chi connectivity index (χ0n) is 7.56. The molecule has 0 saturated carbocycles. The first kappa shape index (κ1) is 9.64. The van der Waals surface area contributed by atoms with E-state index in [1.165, 1.54) is 0 Å². The van der Waals surface area contributed by atoms with E-state index in [1.54, 1.807) is 12.1 Å². The Labute approximate surface area is 82.6 Å². The predicted molar refractivity (Wildman–Crippen MR) is 51.2 cm³/mol. The molecular formula is C9H11NO3S. The van der Waals surface area contributed by atoms with Gasteiger partial charge in [0, 0.05) is 0 Å². The van der Waals surface area contributed by atoms with Gasteiger partial charge < -0.3 is 0 Å². The summed E-state index contributed by atoms with van der Waals surface area (Å²) >= 11 is 0. The second-order valence-electron chi connectivity index (χ2n) is 3.32. The van der Waals surface area contributed by atoms with Crippen LogP contribution < -0.4 is 5.90 Å². The zero-order valence-corrected chi connectivity index (χ0v) is 8.38. The lowest BCUT2D eigenvalue weighted by molar-refractivity contribution is 0.124. The van der Waals surface area contributed by atoms with E-state index in [0.29, 0.717) is 17.9 Å². The van der Waals surface area contributed by atoms with Crippen LogP contribution in [0.2, 0.25) is 0 Å². The molecule has 0 spiro atoms. The van der Waals surface area contributed by atoms with Crippen LogP contribution in [0.25, 0.3) is 0 Å². The van der Waals surface area contributed by atoms with Crippen LogP contribution >= 0.6 is 0 Å². The van der Waals surface area contributed by atoms with E-state index in [0.717, 1.165) is 11.1 Å². The summed E-state index contributed by atoms with van der Waals surface area (Å²) < 4.78 is 22.9. The van der Waals surface area contributed by atoms with Gasteiger partial charge in [-0.05, 0) is 23.6 Å². The Morgan fingerprint density at radius 1 is 1.43 bits per heavy atom. The molecule has 2 rings (SSSR count). The molecule has 14 heavy (non-hydrogen) atoms. The van der Waals surface area contributed by atoms with Crippen molar-refractivity contribution < 1.29 is 13.3 Å². The number of hydrogen-bond donors (Lipinski definition) is 1. The first-order valence-electron chi connectivity index (χ1n) is 4.30. The molecule has 1 aliphatic heterocycles. The normalized spacial score (nSPS) is 18.1. The Kier molecular flexibility index (Phi) is 2.30. The van der Waals surface area contributed by atoms with Crippen LogP contribution in [-0.4, -0.2) is 14.2 Å². The number of fused-ring (bicyclic) bond motifs is 1. The molecule has 0 amide bonds. The average Bonchev–Trinajstić information content (AvgIpc) is 2.43. The van der Waals surface area contributed by atoms with Crippen LogP contribution in [0.15, 0.2) is 23.1 Å². The highest BCUT2D eigenvalue weighted by molar-refractivity contribution is 7.91. The third-order valence-corrected chi connectivity index (χ3v) is 4.16. The number of benzene rings is 1. The Bertz CT molecular complexity index is 453. The van der Waals surface area contributed by atoms with Crippen molar-refractivity contribution in [3.05, 3.63) is 29.3 Å². The minimum absolute atomic E-state index is 0.218. The Hall–Kier alpha value is -0.910. The van der Waals surface area contributed by atoms with Gasteiger partial charge in [-0.2, -0.15) is 0 Å². The van der Waals surface area contributed by atoms with Gasteiger partial charge in [-0.25, -0.2) is 14.3 Å². The second kappa shape index (κ2) is 3.34. The molecule has 0 aromatic heterocycles. The van der Waals surface area contributed by atoms with Crippen molar-refractivity contribution in [2.24, 2.45) is 5.90 Å². The highest BCUT2D eigenvalue weighted by atomic mass is 32.2. The van der Waals surface area contributed by atoms with E-state index in [2.05, 4.69) is 4.84 Å². The maximum Gasteiger partial charge on any atom is 0.178 e. The molecule has 0 unspecified atom stereocenters. The highest BCUT2D eigenvalue weighted by Crippen LogP contribution is 2.26. The Balaban J connectivity index is 2.44. The third-order valence-electron chi connectivity index (χ3n) is 2.35. The van der Waals surface area contributed by atoms with Gasteiger partial charge in [0.1, 0.15) is 0 Å².